The van der Waals surface area contributed by atoms with E-state index >= 15 is 0 Å². The average molecular weight is 403 g/mol. The average Bonchev–Trinajstić information content (AvgIpc) is 2.70. The van der Waals surface area contributed by atoms with Crippen molar-refractivity contribution >= 4 is 29.3 Å². The van der Waals surface area contributed by atoms with Crippen LogP contribution in [0.4, 0.5) is 26.2 Å². The van der Waals surface area contributed by atoms with Crippen molar-refractivity contribution in [3.63, 3.8) is 0 Å². The molecule has 1 aromatic carbocycles. The third kappa shape index (κ3) is 3.82. The van der Waals surface area contributed by atoms with Gasteiger partial charge in [0.2, 0.25) is 17.8 Å². The molecule has 3 heterocycles. The first-order valence-electron chi connectivity index (χ1n) is 9.37. The van der Waals surface area contributed by atoms with Gasteiger partial charge in [-0.1, -0.05) is 0 Å². The second-order valence-corrected chi connectivity index (χ2v) is 7.12. The largest absolute Gasteiger partial charge is 0.342 e. The van der Waals surface area contributed by atoms with E-state index < -0.39 is 34.9 Å². The van der Waals surface area contributed by atoms with Crippen molar-refractivity contribution in [2.45, 2.75) is 31.6 Å². The van der Waals surface area contributed by atoms with E-state index in [4.69, 9.17) is 0 Å². The Morgan fingerprint density at radius 1 is 1.14 bits per heavy atom. The van der Waals surface area contributed by atoms with Crippen LogP contribution < -0.4 is 21.1 Å². The Kier molecular flexibility index (Phi) is 4.99. The van der Waals surface area contributed by atoms with Gasteiger partial charge in [0, 0.05) is 31.3 Å². The summed E-state index contributed by atoms with van der Waals surface area (Å²) >= 11 is 0. The highest BCUT2D eigenvalue weighted by molar-refractivity contribution is 6.04. The van der Waals surface area contributed by atoms with Crippen LogP contribution in [-0.2, 0) is 9.59 Å². The van der Waals surface area contributed by atoms with Crippen molar-refractivity contribution in [3.8, 4) is 0 Å². The van der Waals surface area contributed by atoms with Gasteiger partial charge in [-0.2, -0.15) is 4.98 Å². The molecule has 1 fully saturated rings. The molecule has 0 saturated carbocycles. The molecule has 10 heteroatoms. The van der Waals surface area contributed by atoms with Crippen LogP contribution in [0.5, 0.6) is 0 Å². The minimum absolute atomic E-state index is 0.0238. The van der Waals surface area contributed by atoms with Gasteiger partial charge in [0.15, 0.2) is 11.6 Å². The predicted molar refractivity (Wildman–Crippen MR) is 102 cm³/mol. The van der Waals surface area contributed by atoms with Gasteiger partial charge in [-0.15, -0.1) is 0 Å². The normalized spacial score (nSPS) is 18.8. The third-order valence-electron chi connectivity index (χ3n) is 5.10. The zero-order valence-electron chi connectivity index (χ0n) is 15.4. The monoisotopic (exact) mass is 403 g/mol. The Labute approximate surface area is 164 Å². The highest BCUT2D eigenvalue weighted by atomic mass is 19.2. The number of H-pyrrole nitrogens is 1. The van der Waals surface area contributed by atoms with Crippen LogP contribution in [0.1, 0.15) is 37.2 Å². The SMILES string of the molecule is O=C1CC(C(=O)Nc2ccc(F)c(F)c2)c2c(nc(N3CCCCC3)[nH]c2=O)N1. The number of hydrogen-bond donors (Lipinski definition) is 3. The van der Waals surface area contributed by atoms with Crippen molar-refractivity contribution in [2.75, 3.05) is 28.6 Å². The number of amides is 2. The molecule has 2 aliphatic heterocycles. The minimum Gasteiger partial charge on any atom is -0.342 e. The first-order chi connectivity index (χ1) is 13.9. The van der Waals surface area contributed by atoms with Gasteiger partial charge < -0.3 is 15.5 Å². The van der Waals surface area contributed by atoms with Crippen LogP contribution in [-0.4, -0.2) is 34.9 Å². The lowest BCUT2D eigenvalue weighted by Gasteiger charge is -2.29. The lowest BCUT2D eigenvalue weighted by Crippen LogP contribution is -2.38. The van der Waals surface area contributed by atoms with Crippen LogP contribution in [0.3, 0.4) is 0 Å². The number of aromatic nitrogens is 2. The smallest absolute Gasteiger partial charge is 0.258 e. The van der Waals surface area contributed by atoms with Gasteiger partial charge in [-0.25, -0.2) is 8.78 Å². The first-order valence-corrected chi connectivity index (χ1v) is 9.37. The molecule has 4 rings (SSSR count). The molecule has 1 unspecified atom stereocenters. The molecular formula is C19H19F2N5O3. The summed E-state index contributed by atoms with van der Waals surface area (Å²) in [6, 6.07) is 2.91. The van der Waals surface area contributed by atoms with E-state index in [1.165, 1.54) is 6.07 Å². The van der Waals surface area contributed by atoms with E-state index in [1.807, 2.05) is 4.90 Å². The second kappa shape index (κ2) is 7.61. The first kappa shape index (κ1) is 19.0. The number of carbonyl (C=O) groups excluding carboxylic acids is 2. The number of benzene rings is 1. The molecule has 0 bridgehead atoms. The molecule has 152 valence electrons. The van der Waals surface area contributed by atoms with Crippen molar-refractivity contribution in [3.05, 3.63) is 45.8 Å². The molecule has 0 spiro atoms. The second-order valence-electron chi connectivity index (χ2n) is 7.12. The Balaban J connectivity index is 1.64. The van der Waals surface area contributed by atoms with E-state index in [0.717, 1.165) is 44.5 Å². The molecule has 3 N–H and O–H groups in total. The zero-order chi connectivity index (χ0) is 20.5. The number of piperidine rings is 1. The van der Waals surface area contributed by atoms with Crippen molar-refractivity contribution in [1.29, 1.82) is 0 Å². The molecule has 0 aliphatic carbocycles. The van der Waals surface area contributed by atoms with E-state index in [1.54, 1.807) is 0 Å². The van der Waals surface area contributed by atoms with E-state index in [9.17, 15) is 23.2 Å². The van der Waals surface area contributed by atoms with E-state index in [2.05, 4.69) is 20.6 Å². The number of carbonyl (C=O) groups is 2. The van der Waals surface area contributed by atoms with Gasteiger partial charge in [0.1, 0.15) is 5.82 Å². The molecular weight excluding hydrogens is 384 g/mol. The quantitative estimate of drug-likeness (QED) is 0.728. The molecule has 2 amide bonds. The molecule has 1 atom stereocenters. The fraction of sp³-hybridized carbons (Fsp3) is 0.368. The van der Waals surface area contributed by atoms with E-state index in [0.29, 0.717) is 5.95 Å². The summed E-state index contributed by atoms with van der Waals surface area (Å²) in [6.07, 6.45) is 2.81. The highest BCUT2D eigenvalue weighted by Crippen LogP contribution is 2.30. The number of halogens is 2. The fourth-order valence-corrected chi connectivity index (χ4v) is 3.64. The van der Waals surface area contributed by atoms with Crippen LogP contribution in [0.25, 0.3) is 0 Å². The van der Waals surface area contributed by atoms with Gasteiger partial charge in [0.25, 0.3) is 5.56 Å². The number of rotatable bonds is 3. The molecule has 2 aliphatic rings. The summed E-state index contributed by atoms with van der Waals surface area (Å²) in [4.78, 5) is 46.6. The third-order valence-corrected chi connectivity index (χ3v) is 5.10. The number of aromatic amines is 1. The standard InChI is InChI=1S/C19H19F2N5O3/c20-12-5-4-10(8-13(12)21)22-17(28)11-9-14(27)23-16-15(11)18(29)25-19(24-16)26-6-2-1-3-7-26/h4-5,8,11H,1-3,6-7,9H2,(H,22,28)(H2,23,24,25,27,29). The van der Waals surface area contributed by atoms with Crippen LogP contribution in [0.15, 0.2) is 23.0 Å². The van der Waals surface area contributed by atoms with Gasteiger partial charge in [-0.05, 0) is 31.4 Å². The lowest BCUT2D eigenvalue weighted by molar-refractivity contribution is -0.123. The Morgan fingerprint density at radius 2 is 1.90 bits per heavy atom. The number of nitrogens with one attached hydrogen (secondary N) is 3. The van der Waals surface area contributed by atoms with Gasteiger partial charge in [-0.3, -0.25) is 19.4 Å². The van der Waals surface area contributed by atoms with Crippen LogP contribution in [0.2, 0.25) is 0 Å². The van der Waals surface area contributed by atoms with Crippen molar-refractivity contribution < 1.29 is 18.4 Å². The number of fused-ring (bicyclic) bond motifs is 1. The maximum Gasteiger partial charge on any atom is 0.258 e. The van der Waals surface area contributed by atoms with E-state index in [-0.39, 0.29) is 23.5 Å². The Morgan fingerprint density at radius 3 is 2.62 bits per heavy atom. The van der Waals surface area contributed by atoms with Gasteiger partial charge in [0.05, 0.1) is 11.5 Å². The highest BCUT2D eigenvalue weighted by Gasteiger charge is 2.35. The number of hydrogen-bond acceptors (Lipinski definition) is 5. The summed E-state index contributed by atoms with van der Waals surface area (Å²) in [6.45, 7) is 1.49. The predicted octanol–water partition coefficient (Wildman–Crippen LogP) is 2.10. The van der Waals surface area contributed by atoms with Crippen molar-refractivity contribution in [1.82, 2.24) is 9.97 Å². The zero-order valence-corrected chi connectivity index (χ0v) is 15.4. The Hall–Kier alpha value is -3.30. The summed E-state index contributed by atoms with van der Waals surface area (Å²) in [5.41, 5.74) is -0.442. The van der Waals surface area contributed by atoms with Gasteiger partial charge >= 0.3 is 0 Å². The van der Waals surface area contributed by atoms with Crippen LogP contribution in [0, 0.1) is 11.6 Å². The minimum atomic E-state index is -1.12. The molecule has 2 aromatic rings. The number of anilines is 3. The molecule has 1 saturated heterocycles. The summed E-state index contributed by atoms with van der Waals surface area (Å²) in [7, 11) is 0. The maximum atomic E-state index is 13.4. The summed E-state index contributed by atoms with van der Waals surface area (Å²) in [5, 5.41) is 4.99. The molecule has 1 aromatic heterocycles. The molecule has 8 nitrogen and oxygen atoms in total. The Bertz CT molecular complexity index is 1030. The molecule has 29 heavy (non-hydrogen) atoms. The summed E-state index contributed by atoms with van der Waals surface area (Å²) < 4.78 is 26.5. The van der Waals surface area contributed by atoms with Crippen LogP contribution >= 0.6 is 0 Å². The van der Waals surface area contributed by atoms with Crippen molar-refractivity contribution in [2.24, 2.45) is 0 Å². The maximum absolute atomic E-state index is 13.4. The fourth-order valence-electron chi connectivity index (χ4n) is 3.64. The topological polar surface area (TPSA) is 107 Å². The summed E-state index contributed by atoms with van der Waals surface area (Å²) in [5.74, 6) is -3.98. The lowest BCUT2D eigenvalue weighted by atomic mass is 9.92. The molecule has 0 radical (unpaired) electrons. The number of nitrogens with zero attached hydrogens (tertiary/aromatic N) is 2.